The Hall–Kier alpha value is -1.26. The number of rotatable bonds is 6. The average Bonchev–Trinajstić information content (AvgIpc) is 2.23. The Labute approximate surface area is 96.4 Å². The molecule has 0 aliphatic carbocycles. The number of aryl methyl sites for hydroxylation is 1. The van der Waals surface area contributed by atoms with Crippen molar-refractivity contribution in [1.82, 2.24) is 0 Å². The van der Waals surface area contributed by atoms with Gasteiger partial charge in [0.15, 0.2) is 0 Å². The first-order valence-corrected chi connectivity index (χ1v) is 5.40. The smallest absolute Gasteiger partial charge is 0.0790 e. The van der Waals surface area contributed by atoms with Crippen molar-refractivity contribution >= 4 is 11.4 Å². The summed E-state index contributed by atoms with van der Waals surface area (Å²) >= 11 is 0. The third-order valence-electron chi connectivity index (χ3n) is 2.36. The van der Waals surface area contributed by atoms with Crippen LogP contribution in [0.15, 0.2) is 18.2 Å². The lowest BCUT2D eigenvalue weighted by atomic mass is 10.2. The molecular weight excluding hydrogens is 204 g/mol. The van der Waals surface area contributed by atoms with Crippen LogP contribution in [0.3, 0.4) is 0 Å². The fraction of sp³-hybridized carbons (Fsp3) is 0.500. The largest absolute Gasteiger partial charge is 0.397 e. The number of aliphatic hydroxyl groups excluding tert-OH is 1. The van der Waals surface area contributed by atoms with E-state index in [-0.39, 0.29) is 0 Å². The maximum Gasteiger partial charge on any atom is 0.0790 e. The molecule has 0 fully saturated rings. The van der Waals surface area contributed by atoms with Gasteiger partial charge in [0.05, 0.1) is 24.1 Å². The van der Waals surface area contributed by atoms with Crippen molar-refractivity contribution in [2.24, 2.45) is 0 Å². The van der Waals surface area contributed by atoms with E-state index >= 15 is 0 Å². The Morgan fingerprint density at radius 3 is 2.94 bits per heavy atom. The minimum atomic E-state index is -0.427. The lowest BCUT2D eigenvalue weighted by molar-refractivity contribution is 0.0615. The van der Waals surface area contributed by atoms with Gasteiger partial charge in [0.1, 0.15) is 0 Å². The summed E-state index contributed by atoms with van der Waals surface area (Å²) in [7, 11) is 1.58. The molecule has 1 aromatic carbocycles. The molecule has 16 heavy (non-hydrogen) atoms. The van der Waals surface area contributed by atoms with Gasteiger partial charge in [-0.05, 0) is 31.0 Å². The highest BCUT2D eigenvalue weighted by atomic mass is 16.5. The van der Waals surface area contributed by atoms with Crippen LogP contribution in [0.2, 0.25) is 0 Å². The molecule has 0 bridgehead atoms. The Balaban J connectivity index is 2.39. The van der Waals surface area contributed by atoms with Crippen molar-refractivity contribution in [2.45, 2.75) is 19.4 Å². The highest BCUT2D eigenvalue weighted by molar-refractivity contribution is 5.66. The van der Waals surface area contributed by atoms with Crippen LogP contribution in [-0.2, 0) is 4.74 Å². The van der Waals surface area contributed by atoms with E-state index in [4.69, 9.17) is 10.5 Å². The van der Waals surface area contributed by atoms with Gasteiger partial charge < -0.3 is 20.9 Å². The predicted octanol–water partition coefficient (Wildman–Crippen LogP) is 1.39. The molecular formula is C12H20N2O2. The van der Waals surface area contributed by atoms with Crippen LogP contribution >= 0.6 is 0 Å². The van der Waals surface area contributed by atoms with Crippen LogP contribution in [0.1, 0.15) is 12.0 Å². The zero-order chi connectivity index (χ0) is 12.0. The highest BCUT2D eigenvalue weighted by Crippen LogP contribution is 2.19. The summed E-state index contributed by atoms with van der Waals surface area (Å²) in [5, 5.41) is 12.7. The van der Waals surface area contributed by atoms with Crippen LogP contribution < -0.4 is 11.1 Å². The van der Waals surface area contributed by atoms with Crippen molar-refractivity contribution in [1.29, 1.82) is 0 Å². The van der Waals surface area contributed by atoms with Crippen LogP contribution in [0.25, 0.3) is 0 Å². The van der Waals surface area contributed by atoms with Crippen molar-refractivity contribution in [3.63, 3.8) is 0 Å². The molecule has 4 N–H and O–H groups in total. The van der Waals surface area contributed by atoms with Gasteiger partial charge in [-0.1, -0.05) is 6.07 Å². The molecule has 0 saturated heterocycles. The predicted molar refractivity (Wildman–Crippen MR) is 66.6 cm³/mol. The van der Waals surface area contributed by atoms with E-state index in [0.29, 0.717) is 19.6 Å². The summed E-state index contributed by atoms with van der Waals surface area (Å²) in [5.41, 5.74) is 8.63. The first-order chi connectivity index (χ1) is 7.63. The van der Waals surface area contributed by atoms with Crippen LogP contribution in [-0.4, -0.2) is 31.5 Å². The Bertz CT molecular complexity index is 329. The summed E-state index contributed by atoms with van der Waals surface area (Å²) in [6, 6.07) is 5.85. The normalized spacial score (nSPS) is 12.4. The van der Waals surface area contributed by atoms with E-state index in [2.05, 4.69) is 5.32 Å². The molecule has 4 heteroatoms. The molecule has 1 atom stereocenters. The van der Waals surface area contributed by atoms with E-state index in [0.717, 1.165) is 16.9 Å². The molecule has 0 radical (unpaired) electrons. The van der Waals surface area contributed by atoms with Gasteiger partial charge in [-0.15, -0.1) is 0 Å². The van der Waals surface area contributed by atoms with Crippen LogP contribution in [0.5, 0.6) is 0 Å². The number of methoxy groups -OCH3 is 1. The topological polar surface area (TPSA) is 67.5 Å². The molecule has 1 rings (SSSR count). The molecule has 4 nitrogen and oxygen atoms in total. The van der Waals surface area contributed by atoms with Gasteiger partial charge >= 0.3 is 0 Å². The molecule has 90 valence electrons. The van der Waals surface area contributed by atoms with Crippen molar-refractivity contribution in [3.8, 4) is 0 Å². The number of aliphatic hydroxyl groups is 1. The maximum absolute atomic E-state index is 9.45. The molecule has 1 unspecified atom stereocenters. The maximum atomic E-state index is 9.45. The van der Waals surface area contributed by atoms with Gasteiger partial charge in [-0.3, -0.25) is 0 Å². The van der Waals surface area contributed by atoms with E-state index in [1.807, 2.05) is 25.1 Å². The van der Waals surface area contributed by atoms with E-state index in [1.165, 1.54) is 0 Å². The zero-order valence-corrected chi connectivity index (χ0v) is 9.86. The van der Waals surface area contributed by atoms with E-state index < -0.39 is 6.10 Å². The molecule has 0 saturated carbocycles. The SMILES string of the molecule is COCC(O)CCNc1cc(C)ccc1N. The quantitative estimate of drug-likeness (QED) is 0.639. The van der Waals surface area contributed by atoms with Gasteiger partial charge in [-0.2, -0.15) is 0 Å². The van der Waals surface area contributed by atoms with Gasteiger partial charge in [-0.25, -0.2) is 0 Å². The van der Waals surface area contributed by atoms with Crippen molar-refractivity contribution in [3.05, 3.63) is 23.8 Å². The summed E-state index contributed by atoms with van der Waals surface area (Å²) in [5.74, 6) is 0. The fourth-order valence-electron chi connectivity index (χ4n) is 1.47. The molecule has 1 aromatic rings. The summed E-state index contributed by atoms with van der Waals surface area (Å²) in [6.45, 7) is 3.06. The summed E-state index contributed by atoms with van der Waals surface area (Å²) in [6.07, 6.45) is 0.213. The van der Waals surface area contributed by atoms with Crippen LogP contribution in [0, 0.1) is 6.92 Å². The number of ether oxygens (including phenoxy) is 1. The molecule has 0 aromatic heterocycles. The Morgan fingerprint density at radius 1 is 1.50 bits per heavy atom. The summed E-state index contributed by atoms with van der Waals surface area (Å²) in [4.78, 5) is 0. The first-order valence-electron chi connectivity index (χ1n) is 5.40. The van der Waals surface area contributed by atoms with Gasteiger partial charge in [0.25, 0.3) is 0 Å². The minimum absolute atomic E-state index is 0.366. The lowest BCUT2D eigenvalue weighted by Crippen LogP contribution is -2.18. The Kier molecular flexibility index (Phi) is 5.08. The number of anilines is 2. The third-order valence-corrected chi connectivity index (χ3v) is 2.36. The van der Waals surface area contributed by atoms with Crippen LogP contribution in [0.4, 0.5) is 11.4 Å². The first kappa shape index (κ1) is 12.8. The van der Waals surface area contributed by atoms with Crippen molar-refractivity contribution < 1.29 is 9.84 Å². The average molecular weight is 224 g/mol. The second-order valence-corrected chi connectivity index (χ2v) is 3.92. The lowest BCUT2D eigenvalue weighted by Gasteiger charge is -2.12. The second-order valence-electron chi connectivity index (χ2n) is 3.92. The number of nitrogen functional groups attached to an aromatic ring is 1. The highest BCUT2D eigenvalue weighted by Gasteiger charge is 2.03. The Morgan fingerprint density at radius 2 is 2.25 bits per heavy atom. The minimum Gasteiger partial charge on any atom is -0.397 e. The number of hydrogen-bond donors (Lipinski definition) is 3. The van der Waals surface area contributed by atoms with Gasteiger partial charge in [0, 0.05) is 13.7 Å². The monoisotopic (exact) mass is 224 g/mol. The molecule has 0 spiro atoms. The molecule has 0 aliphatic heterocycles. The number of nitrogens with two attached hydrogens (primary N) is 1. The molecule has 0 amide bonds. The van der Waals surface area contributed by atoms with Crippen molar-refractivity contribution in [2.75, 3.05) is 31.3 Å². The fourth-order valence-corrected chi connectivity index (χ4v) is 1.47. The number of nitrogens with one attached hydrogen (secondary N) is 1. The standard InChI is InChI=1S/C12H20N2O2/c1-9-3-4-11(13)12(7-9)14-6-5-10(15)8-16-2/h3-4,7,10,14-15H,5-6,8,13H2,1-2H3. The van der Waals surface area contributed by atoms with E-state index in [9.17, 15) is 5.11 Å². The molecule has 0 heterocycles. The zero-order valence-electron chi connectivity index (χ0n) is 9.86. The third kappa shape index (κ3) is 4.08. The molecule has 0 aliphatic rings. The van der Waals surface area contributed by atoms with E-state index in [1.54, 1.807) is 7.11 Å². The number of benzene rings is 1. The van der Waals surface area contributed by atoms with Gasteiger partial charge in [0.2, 0.25) is 0 Å². The second kappa shape index (κ2) is 6.35. The number of hydrogen-bond acceptors (Lipinski definition) is 4. The summed E-state index contributed by atoms with van der Waals surface area (Å²) < 4.78 is 4.85.